The second-order valence-electron chi connectivity index (χ2n) is 1.80. The molecule has 0 bridgehead atoms. The lowest BCUT2D eigenvalue weighted by atomic mass is 10.4. The number of nitrogens with zero attached hydrogens (tertiary/aromatic N) is 1. The number of amides is 2. The summed E-state index contributed by atoms with van der Waals surface area (Å²) < 4.78 is 20.5. The smallest absolute Gasteiger partial charge is 0.217 e. The maximum Gasteiger partial charge on any atom is 0.476 e. The molecule has 1 saturated heterocycles. The Bertz CT molecular complexity index is 299. The van der Waals surface area contributed by atoms with Gasteiger partial charge in [0, 0.05) is 3.95 Å². The van der Waals surface area contributed by atoms with Crippen molar-refractivity contribution in [2.45, 2.75) is 12.8 Å². The van der Waals surface area contributed by atoms with Crippen molar-refractivity contribution in [2.75, 3.05) is 0 Å². The SMILES string of the molecule is O=C1CCC(=O)[N+]1=S(=O)=O. The van der Waals surface area contributed by atoms with E-state index in [1.165, 1.54) is 0 Å². The third kappa shape index (κ3) is 0.971. The summed E-state index contributed by atoms with van der Waals surface area (Å²) in [7, 11) is -2.72. The molecule has 1 rings (SSSR count). The zero-order chi connectivity index (χ0) is 7.72. The van der Waals surface area contributed by atoms with Crippen LogP contribution in [0.4, 0.5) is 0 Å². The number of hydrogen-bond donors (Lipinski definition) is 0. The van der Waals surface area contributed by atoms with Gasteiger partial charge in [-0.05, 0) is 0 Å². The van der Waals surface area contributed by atoms with Crippen molar-refractivity contribution in [2.24, 2.45) is 0 Å². The summed E-state index contributed by atoms with van der Waals surface area (Å²) in [5.41, 5.74) is 0. The zero-order valence-electron chi connectivity index (χ0n) is 4.90. The molecule has 0 N–H and O–H groups in total. The van der Waals surface area contributed by atoms with Gasteiger partial charge in [0.25, 0.3) is 0 Å². The van der Waals surface area contributed by atoms with Gasteiger partial charge < -0.3 is 0 Å². The summed E-state index contributed by atoms with van der Waals surface area (Å²) in [6.07, 6.45) is 0.0135. The molecule has 54 valence electrons. The molecule has 6 heteroatoms. The Morgan fingerprint density at radius 2 is 1.50 bits per heavy atom. The van der Waals surface area contributed by atoms with Gasteiger partial charge in [0.05, 0.1) is 12.8 Å². The van der Waals surface area contributed by atoms with Gasteiger partial charge in [0.1, 0.15) is 0 Å². The molecule has 0 atom stereocenters. The minimum absolute atomic E-state index is 0.00676. The highest BCUT2D eigenvalue weighted by Gasteiger charge is 2.38. The second kappa shape index (κ2) is 2.30. The molecule has 1 aliphatic rings. The van der Waals surface area contributed by atoms with Crippen LogP contribution in [0.15, 0.2) is 0 Å². The number of imide groups is 1. The molecule has 1 aliphatic heterocycles. The molecule has 0 aliphatic carbocycles. The first-order valence-electron chi connectivity index (χ1n) is 2.58. The zero-order valence-corrected chi connectivity index (χ0v) is 5.72. The quantitative estimate of drug-likeness (QED) is 0.335. The monoisotopic (exact) mass is 162 g/mol. The Labute approximate surface area is 58.0 Å². The molecule has 0 aromatic carbocycles. The molecule has 0 saturated carbocycles. The molecule has 0 unspecified atom stereocenters. The fourth-order valence-corrected chi connectivity index (χ4v) is 1.24. The van der Waals surface area contributed by atoms with E-state index in [-0.39, 0.29) is 16.8 Å². The average Bonchev–Trinajstić information content (AvgIpc) is 2.11. The van der Waals surface area contributed by atoms with Gasteiger partial charge in [-0.15, -0.1) is 8.42 Å². The lowest BCUT2D eigenvalue weighted by Gasteiger charge is -1.70. The first-order chi connectivity index (χ1) is 4.63. The standard InChI is InChI=1S/C4H4NO4S/c6-3-1-2-4(7)5(3)10(8)9/h1-2H2/q+1. The topological polar surface area (TPSA) is 71.3 Å². The van der Waals surface area contributed by atoms with Crippen LogP contribution >= 0.6 is 0 Å². The van der Waals surface area contributed by atoms with E-state index in [4.69, 9.17) is 0 Å². The molecule has 0 radical (unpaired) electrons. The van der Waals surface area contributed by atoms with Crippen molar-refractivity contribution >= 4 is 22.3 Å². The van der Waals surface area contributed by atoms with Gasteiger partial charge in [-0.25, -0.2) is 9.59 Å². The fourth-order valence-electron chi connectivity index (χ4n) is 0.722. The molecule has 0 aromatic rings. The van der Waals surface area contributed by atoms with Crippen molar-refractivity contribution in [1.29, 1.82) is 0 Å². The highest BCUT2D eigenvalue weighted by atomic mass is 32.2. The molecule has 1 fully saturated rings. The third-order valence-corrected chi connectivity index (χ3v) is 1.86. The number of hydrogen-bond acceptors (Lipinski definition) is 4. The molecule has 1 heterocycles. The molecule has 0 aromatic heterocycles. The van der Waals surface area contributed by atoms with Crippen LogP contribution in [-0.2, 0) is 20.1 Å². The highest BCUT2D eigenvalue weighted by Crippen LogP contribution is 2.04. The van der Waals surface area contributed by atoms with Gasteiger partial charge in [-0.2, -0.15) is 0 Å². The second-order valence-corrected chi connectivity index (χ2v) is 2.60. The van der Waals surface area contributed by atoms with E-state index in [9.17, 15) is 18.0 Å². The Kier molecular flexibility index (Phi) is 1.62. The summed E-state index contributed by atoms with van der Waals surface area (Å²) in [6.45, 7) is 0. The van der Waals surface area contributed by atoms with E-state index in [1.54, 1.807) is 0 Å². The number of carbonyl (C=O) groups excluding carboxylic acids is 2. The predicted octanol–water partition coefficient (Wildman–Crippen LogP) is -1.09. The van der Waals surface area contributed by atoms with Crippen LogP contribution in [0.2, 0.25) is 0 Å². The number of carbonyl (C=O) groups is 2. The van der Waals surface area contributed by atoms with Gasteiger partial charge in [-0.1, -0.05) is 0 Å². The Morgan fingerprint density at radius 3 is 1.70 bits per heavy atom. The summed E-state index contributed by atoms with van der Waals surface area (Å²) in [5, 5.41) is 0. The van der Waals surface area contributed by atoms with Gasteiger partial charge in [0.2, 0.25) is 0 Å². The van der Waals surface area contributed by atoms with Crippen LogP contribution in [-0.4, -0.2) is 24.2 Å². The number of rotatable bonds is 0. The Balaban J connectivity index is 3.32. The minimum Gasteiger partial charge on any atom is -0.217 e. The van der Waals surface area contributed by atoms with E-state index >= 15 is 0 Å². The van der Waals surface area contributed by atoms with E-state index in [2.05, 4.69) is 0 Å². The van der Waals surface area contributed by atoms with Crippen molar-refractivity contribution in [3.05, 3.63) is 0 Å². The average molecular weight is 162 g/mol. The van der Waals surface area contributed by atoms with Crippen LogP contribution in [0.5, 0.6) is 0 Å². The molecular formula is C4H4NO4S+. The van der Waals surface area contributed by atoms with Gasteiger partial charge in [-0.3, -0.25) is 0 Å². The van der Waals surface area contributed by atoms with E-state index in [0.717, 1.165) is 0 Å². The highest BCUT2D eigenvalue weighted by molar-refractivity contribution is 7.59. The largest absolute Gasteiger partial charge is 0.476 e. The lowest BCUT2D eigenvalue weighted by molar-refractivity contribution is -0.353. The first kappa shape index (κ1) is 7.07. The van der Waals surface area contributed by atoms with Crippen molar-refractivity contribution in [3.8, 4) is 0 Å². The normalized spacial score (nSPS) is 18.2. The van der Waals surface area contributed by atoms with Gasteiger partial charge >= 0.3 is 22.3 Å². The molecule has 5 nitrogen and oxygen atoms in total. The molecular weight excluding hydrogens is 158 g/mol. The summed E-state index contributed by atoms with van der Waals surface area (Å²) >= 11 is 0. The summed E-state index contributed by atoms with van der Waals surface area (Å²) in [5.74, 6) is -1.28. The maximum absolute atomic E-state index is 10.5. The van der Waals surface area contributed by atoms with E-state index in [0.29, 0.717) is 0 Å². The lowest BCUT2D eigenvalue weighted by Crippen LogP contribution is -2.16. The van der Waals surface area contributed by atoms with Crippen molar-refractivity contribution in [3.63, 3.8) is 0 Å². The van der Waals surface area contributed by atoms with Crippen LogP contribution in [0.25, 0.3) is 0 Å². The van der Waals surface area contributed by atoms with Crippen LogP contribution < -0.4 is 0 Å². The minimum atomic E-state index is -2.72. The van der Waals surface area contributed by atoms with Crippen molar-refractivity contribution < 1.29 is 22.0 Å². The first-order valence-corrected chi connectivity index (χ1v) is 3.61. The molecule has 2 amide bonds. The van der Waals surface area contributed by atoms with Crippen LogP contribution in [0.3, 0.4) is 0 Å². The maximum atomic E-state index is 10.5. The molecule has 0 spiro atoms. The predicted molar refractivity (Wildman–Crippen MR) is 28.4 cm³/mol. The summed E-state index contributed by atoms with van der Waals surface area (Å²) in [4.78, 5) is 21.1. The molecule has 10 heavy (non-hydrogen) atoms. The fraction of sp³-hybridized carbons (Fsp3) is 0.500. The summed E-state index contributed by atoms with van der Waals surface area (Å²) in [6, 6.07) is 0. The van der Waals surface area contributed by atoms with Crippen molar-refractivity contribution in [1.82, 2.24) is 0 Å². The third-order valence-electron chi connectivity index (χ3n) is 1.15. The van der Waals surface area contributed by atoms with E-state index in [1.807, 2.05) is 0 Å². The Hall–Kier alpha value is -1.04. The van der Waals surface area contributed by atoms with E-state index < -0.39 is 22.3 Å². The van der Waals surface area contributed by atoms with Gasteiger partial charge in [0.15, 0.2) is 0 Å². The van der Waals surface area contributed by atoms with Crippen LogP contribution in [0, 0.1) is 0 Å². The Morgan fingerprint density at radius 1 is 1.10 bits per heavy atom. The van der Waals surface area contributed by atoms with Crippen LogP contribution in [0.1, 0.15) is 12.8 Å².